The van der Waals surface area contributed by atoms with Crippen LogP contribution in [0.2, 0.25) is 0 Å². The van der Waals surface area contributed by atoms with Crippen LogP contribution < -0.4 is 14.8 Å². The number of carbonyl (C=O) groups is 2. The predicted octanol–water partition coefficient (Wildman–Crippen LogP) is 1.48. The fourth-order valence-electron chi connectivity index (χ4n) is 2.25. The zero-order chi connectivity index (χ0) is 17.7. The number of hydrogen-bond acceptors (Lipinski definition) is 5. The molecule has 2 N–H and O–H groups in total. The van der Waals surface area contributed by atoms with E-state index in [-0.39, 0.29) is 24.2 Å². The van der Waals surface area contributed by atoms with Crippen LogP contribution in [0, 0.1) is 0 Å². The predicted molar refractivity (Wildman–Crippen MR) is 85.3 cm³/mol. The summed E-state index contributed by atoms with van der Waals surface area (Å²) in [6.07, 6.45) is 1.44. The number of methoxy groups -OCH3 is 2. The Morgan fingerprint density at radius 1 is 1.29 bits per heavy atom. The van der Waals surface area contributed by atoms with Gasteiger partial charge in [0.15, 0.2) is 5.69 Å². The molecule has 0 aliphatic rings. The number of ether oxygens (including phenoxy) is 2. The van der Waals surface area contributed by atoms with Crippen molar-refractivity contribution in [1.29, 1.82) is 0 Å². The minimum atomic E-state index is -1.14. The molecule has 1 heterocycles. The number of nitrogens with one attached hydrogen (secondary N) is 1. The summed E-state index contributed by atoms with van der Waals surface area (Å²) in [5, 5.41) is 15.5. The van der Waals surface area contributed by atoms with Gasteiger partial charge in [0, 0.05) is 11.8 Å². The molecule has 0 bridgehead atoms. The third-order valence-electron chi connectivity index (χ3n) is 3.45. The van der Waals surface area contributed by atoms with E-state index in [4.69, 9.17) is 14.6 Å². The average molecular weight is 333 g/mol. The Hall–Kier alpha value is -3.03. The lowest BCUT2D eigenvalue weighted by molar-refractivity contribution is -0.122. The molecule has 0 spiro atoms. The maximum atomic E-state index is 12.1. The van der Waals surface area contributed by atoms with E-state index in [1.807, 2.05) is 6.92 Å². The molecule has 128 valence electrons. The number of benzene rings is 1. The highest BCUT2D eigenvalue weighted by atomic mass is 16.5. The first-order valence-electron chi connectivity index (χ1n) is 7.22. The van der Waals surface area contributed by atoms with E-state index in [2.05, 4.69) is 10.4 Å². The zero-order valence-electron chi connectivity index (χ0n) is 13.6. The first-order chi connectivity index (χ1) is 11.4. The second-order valence-electron chi connectivity index (χ2n) is 5.10. The van der Waals surface area contributed by atoms with Crippen LogP contribution in [0.25, 0.3) is 0 Å². The molecule has 2 rings (SSSR count). The van der Waals surface area contributed by atoms with Crippen molar-refractivity contribution in [2.24, 2.45) is 0 Å². The van der Waals surface area contributed by atoms with Crippen LogP contribution in [-0.2, 0) is 11.3 Å². The van der Waals surface area contributed by atoms with Crippen molar-refractivity contribution >= 4 is 11.9 Å². The van der Waals surface area contributed by atoms with Crippen LogP contribution in [-0.4, -0.2) is 41.0 Å². The summed E-state index contributed by atoms with van der Waals surface area (Å²) in [6, 6.07) is 6.35. The molecule has 8 heteroatoms. The van der Waals surface area contributed by atoms with Gasteiger partial charge in [-0.05, 0) is 31.2 Å². The molecular formula is C16H19N3O5. The van der Waals surface area contributed by atoms with Crippen LogP contribution in [0.1, 0.15) is 29.0 Å². The lowest BCUT2D eigenvalue weighted by Crippen LogP contribution is -2.30. The van der Waals surface area contributed by atoms with Crippen LogP contribution in [0.4, 0.5) is 0 Å². The van der Waals surface area contributed by atoms with Crippen molar-refractivity contribution in [3.8, 4) is 11.5 Å². The highest BCUT2D eigenvalue weighted by molar-refractivity contribution is 5.85. The lowest BCUT2D eigenvalue weighted by Gasteiger charge is -2.18. The molecule has 8 nitrogen and oxygen atoms in total. The van der Waals surface area contributed by atoms with Crippen molar-refractivity contribution in [2.75, 3.05) is 14.2 Å². The van der Waals surface area contributed by atoms with Crippen LogP contribution >= 0.6 is 0 Å². The second kappa shape index (κ2) is 7.49. The standard InChI is InChI=1S/C16H19N3O5/c1-10(12-8-11(23-2)4-5-14(12)24-3)17-15(20)9-19-7-6-13(18-19)16(21)22/h4-8,10H,9H2,1-3H3,(H,17,20)(H,21,22). The summed E-state index contributed by atoms with van der Waals surface area (Å²) in [5.41, 5.74) is 0.669. The summed E-state index contributed by atoms with van der Waals surface area (Å²) in [7, 11) is 3.11. The van der Waals surface area contributed by atoms with Crippen LogP contribution in [0.3, 0.4) is 0 Å². The highest BCUT2D eigenvalue weighted by Gasteiger charge is 2.16. The number of carbonyl (C=O) groups excluding carboxylic acids is 1. The zero-order valence-corrected chi connectivity index (χ0v) is 13.6. The number of aromatic nitrogens is 2. The Balaban J connectivity index is 2.06. The molecule has 0 aliphatic heterocycles. The first kappa shape index (κ1) is 17.3. The molecule has 1 unspecified atom stereocenters. The molecule has 2 aromatic rings. The van der Waals surface area contributed by atoms with Gasteiger partial charge in [0.05, 0.1) is 20.3 Å². The highest BCUT2D eigenvalue weighted by Crippen LogP contribution is 2.29. The van der Waals surface area contributed by atoms with E-state index in [1.54, 1.807) is 32.4 Å². The van der Waals surface area contributed by atoms with Crippen molar-refractivity contribution in [1.82, 2.24) is 15.1 Å². The molecular weight excluding hydrogens is 314 g/mol. The topological polar surface area (TPSA) is 103 Å². The molecule has 0 fully saturated rings. The molecule has 1 atom stereocenters. The molecule has 0 aliphatic carbocycles. The quantitative estimate of drug-likeness (QED) is 0.795. The van der Waals surface area contributed by atoms with Crippen LogP contribution in [0.15, 0.2) is 30.5 Å². The van der Waals surface area contributed by atoms with Gasteiger partial charge in [-0.25, -0.2) is 4.79 Å². The lowest BCUT2D eigenvalue weighted by atomic mass is 10.1. The van der Waals surface area contributed by atoms with E-state index >= 15 is 0 Å². The maximum absolute atomic E-state index is 12.1. The van der Waals surface area contributed by atoms with Crippen molar-refractivity contribution < 1.29 is 24.2 Å². The van der Waals surface area contributed by atoms with Gasteiger partial charge in [-0.2, -0.15) is 5.10 Å². The van der Waals surface area contributed by atoms with E-state index in [9.17, 15) is 9.59 Å². The number of nitrogens with zero attached hydrogens (tertiary/aromatic N) is 2. The third kappa shape index (κ3) is 4.03. The number of rotatable bonds is 7. The fourth-order valence-corrected chi connectivity index (χ4v) is 2.25. The van der Waals surface area contributed by atoms with Crippen molar-refractivity contribution in [3.63, 3.8) is 0 Å². The van der Waals surface area contributed by atoms with E-state index in [0.29, 0.717) is 11.5 Å². The fraction of sp³-hybridized carbons (Fsp3) is 0.312. The van der Waals surface area contributed by atoms with Crippen molar-refractivity contribution in [3.05, 3.63) is 41.7 Å². The number of hydrogen-bond donors (Lipinski definition) is 2. The van der Waals surface area contributed by atoms with Gasteiger partial charge in [-0.1, -0.05) is 0 Å². The monoisotopic (exact) mass is 333 g/mol. The normalized spacial score (nSPS) is 11.6. The minimum absolute atomic E-state index is 0.0795. The Bertz CT molecular complexity index is 741. The SMILES string of the molecule is COc1ccc(OC)c(C(C)NC(=O)Cn2ccc(C(=O)O)n2)c1. The Kier molecular flexibility index (Phi) is 5.41. The summed E-state index contributed by atoms with van der Waals surface area (Å²) >= 11 is 0. The van der Waals surface area contributed by atoms with Gasteiger partial charge in [0.1, 0.15) is 18.0 Å². The number of carboxylic acid groups (broad SMARTS) is 1. The maximum Gasteiger partial charge on any atom is 0.356 e. The smallest absolute Gasteiger partial charge is 0.356 e. The summed E-state index contributed by atoms with van der Waals surface area (Å²) in [6.45, 7) is 1.74. The average Bonchev–Trinajstić information content (AvgIpc) is 3.02. The molecule has 0 saturated heterocycles. The van der Waals surface area contributed by atoms with E-state index in [1.165, 1.54) is 16.9 Å². The number of aromatic carboxylic acids is 1. The van der Waals surface area contributed by atoms with E-state index < -0.39 is 5.97 Å². The first-order valence-corrected chi connectivity index (χ1v) is 7.22. The van der Waals surface area contributed by atoms with E-state index in [0.717, 1.165) is 5.56 Å². The van der Waals surface area contributed by atoms with Crippen LogP contribution in [0.5, 0.6) is 11.5 Å². The van der Waals surface area contributed by atoms with Gasteiger partial charge in [0.2, 0.25) is 5.91 Å². The van der Waals surface area contributed by atoms with Gasteiger partial charge in [-0.3, -0.25) is 9.48 Å². The Morgan fingerprint density at radius 2 is 2.04 bits per heavy atom. The summed E-state index contributed by atoms with van der Waals surface area (Å²) in [5.74, 6) is -0.142. The largest absolute Gasteiger partial charge is 0.497 e. The number of carboxylic acids is 1. The summed E-state index contributed by atoms with van der Waals surface area (Å²) < 4.78 is 11.8. The minimum Gasteiger partial charge on any atom is -0.497 e. The van der Waals surface area contributed by atoms with Gasteiger partial charge < -0.3 is 19.9 Å². The van der Waals surface area contributed by atoms with Gasteiger partial charge >= 0.3 is 5.97 Å². The van der Waals surface area contributed by atoms with Gasteiger partial charge in [0.25, 0.3) is 0 Å². The molecule has 0 radical (unpaired) electrons. The molecule has 1 aromatic heterocycles. The van der Waals surface area contributed by atoms with Gasteiger partial charge in [-0.15, -0.1) is 0 Å². The molecule has 24 heavy (non-hydrogen) atoms. The number of amides is 1. The third-order valence-corrected chi connectivity index (χ3v) is 3.45. The Labute approximate surface area is 139 Å². The van der Waals surface area contributed by atoms with Crippen molar-refractivity contribution in [2.45, 2.75) is 19.5 Å². The molecule has 1 amide bonds. The molecule has 0 saturated carbocycles. The summed E-state index contributed by atoms with van der Waals surface area (Å²) in [4.78, 5) is 22.9. The second-order valence-corrected chi connectivity index (χ2v) is 5.10. The molecule has 1 aromatic carbocycles. The Morgan fingerprint density at radius 3 is 2.62 bits per heavy atom.